The topological polar surface area (TPSA) is 72.7 Å². The maximum absolute atomic E-state index is 12.5. The summed E-state index contributed by atoms with van der Waals surface area (Å²) < 4.78 is 12.7. The zero-order chi connectivity index (χ0) is 17.2. The number of rotatable bonds is 4. The monoisotopic (exact) mass is 337 g/mol. The van der Waals surface area contributed by atoms with Crippen LogP contribution in [0.4, 0.5) is 0 Å². The van der Waals surface area contributed by atoms with Crippen LogP contribution in [0, 0.1) is 0 Å². The van der Waals surface area contributed by atoms with Gasteiger partial charge in [0.25, 0.3) is 0 Å². The van der Waals surface area contributed by atoms with E-state index < -0.39 is 0 Å². The van der Waals surface area contributed by atoms with Gasteiger partial charge in [-0.15, -0.1) is 5.10 Å². The highest BCUT2D eigenvalue weighted by Crippen LogP contribution is 2.17. The van der Waals surface area contributed by atoms with Crippen LogP contribution in [0.1, 0.15) is 26.5 Å². The normalized spacial score (nSPS) is 25.0. The van der Waals surface area contributed by atoms with E-state index in [0.717, 1.165) is 32.0 Å². The average molecular weight is 337 g/mol. The van der Waals surface area contributed by atoms with Crippen molar-refractivity contribution in [2.24, 2.45) is 0 Å². The summed E-state index contributed by atoms with van der Waals surface area (Å²) in [7, 11) is 0. The van der Waals surface area contributed by atoms with E-state index in [-0.39, 0.29) is 18.1 Å². The Morgan fingerprint density at radius 1 is 1.38 bits per heavy atom. The maximum atomic E-state index is 12.5. The summed E-state index contributed by atoms with van der Waals surface area (Å²) in [6.07, 6.45) is 1.87. The Labute approximate surface area is 142 Å². The second kappa shape index (κ2) is 7.16. The van der Waals surface area contributed by atoms with Gasteiger partial charge < -0.3 is 14.4 Å². The minimum atomic E-state index is -0.284. The van der Waals surface area contributed by atoms with Crippen molar-refractivity contribution in [3.05, 3.63) is 11.9 Å². The van der Waals surface area contributed by atoms with Gasteiger partial charge in [0.15, 0.2) is 0 Å². The molecule has 8 heteroatoms. The molecule has 3 rings (SSSR count). The van der Waals surface area contributed by atoms with Crippen LogP contribution in [-0.2, 0) is 27.4 Å². The fraction of sp³-hybridized carbons (Fsp3) is 0.812. The highest BCUT2D eigenvalue weighted by atomic mass is 16.5. The minimum Gasteiger partial charge on any atom is -0.379 e. The zero-order valence-electron chi connectivity index (χ0n) is 14.8. The lowest BCUT2D eigenvalue weighted by Gasteiger charge is -2.38. The van der Waals surface area contributed by atoms with E-state index in [1.54, 1.807) is 4.68 Å². The molecule has 0 unspecified atom stereocenters. The van der Waals surface area contributed by atoms with Crippen molar-refractivity contribution in [2.75, 3.05) is 39.5 Å². The molecule has 1 aromatic heterocycles. The van der Waals surface area contributed by atoms with E-state index in [1.807, 2.05) is 24.9 Å². The average Bonchev–Trinajstić information content (AvgIpc) is 2.96. The summed E-state index contributed by atoms with van der Waals surface area (Å²) >= 11 is 0. The van der Waals surface area contributed by atoms with Crippen molar-refractivity contribution in [2.45, 2.75) is 45.5 Å². The third kappa shape index (κ3) is 4.31. The molecule has 2 saturated heterocycles. The molecule has 24 heavy (non-hydrogen) atoms. The lowest BCUT2D eigenvalue weighted by molar-refractivity contribution is -0.146. The number of aromatic nitrogens is 3. The zero-order valence-corrected chi connectivity index (χ0v) is 14.8. The molecule has 0 spiro atoms. The molecule has 1 amide bonds. The molecule has 1 aromatic rings. The molecule has 0 bridgehead atoms. The van der Waals surface area contributed by atoms with Gasteiger partial charge in [-0.1, -0.05) is 5.21 Å². The van der Waals surface area contributed by atoms with Gasteiger partial charge >= 0.3 is 0 Å². The van der Waals surface area contributed by atoms with E-state index in [1.165, 1.54) is 0 Å². The van der Waals surface area contributed by atoms with Gasteiger partial charge in [-0.3, -0.25) is 9.69 Å². The van der Waals surface area contributed by atoms with Crippen LogP contribution in [0.3, 0.4) is 0 Å². The number of hydrogen-bond acceptors (Lipinski definition) is 6. The molecule has 0 aromatic carbocycles. The Morgan fingerprint density at radius 3 is 2.96 bits per heavy atom. The Hall–Kier alpha value is -1.51. The van der Waals surface area contributed by atoms with Gasteiger partial charge in [-0.2, -0.15) is 0 Å². The molecule has 0 saturated carbocycles. The molecule has 0 N–H and O–H groups in total. The molecule has 8 nitrogen and oxygen atoms in total. The van der Waals surface area contributed by atoms with E-state index in [9.17, 15) is 4.79 Å². The number of carbonyl (C=O) groups excluding carboxylic acids is 1. The van der Waals surface area contributed by atoms with E-state index in [2.05, 4.69) is 22.1 Å². The van der Waals surface area contributed by atoms with Gasteiger partial charge in [0.2, 0.25) is 5.91 Å². The second-order valence-electron chi connectivity index (χ2n) is 7.23. The number of carbonyl (C=O) groups is 1. The molecular formula is C16H27N5O3. The van der Waals surface area contributed by atoms with Crippen molar-refractivity contribution in [3.63, 3.8) is 0 Å². The van der Waals surface area contributed by atoms with Crippen LogP contribution in [0.2, 0.25) is 0 Å². The quantitative estimate of drug-likeness (QED) is 0.778. The van der Waals surface area contributed by atoms with Crippen molar-refractivity contribution < 1.29 is 14.3 Å². The largest absolute Gasteiger partial charge is 0.379 e. The van der Waals surface area contributed by atoms with Crippen LogP contribution >= 0.6 is 0 Å². The second-order valence-corrected chi connectivity index (χ2v) is 7.23. The summed E-state index contributed by atoms with van der Waals surface area (Å²) in [5, 5.41) is 8.31. The number of amides is 1. The van der Waals surface area contributed by atoms with Crippen LogP contribution in [0.25, 0.3) is 0 Å². The number of ether oxygens (including phenoxy) is 2. The van der Waals surface area contributed by atoms with Crippen molar-refractivity contribution in [3.8, 4) is 0 Å². The Morgan fingerprint density at radius 2 is 2.21 bits per heavy atom. The minimum absolute atomic E-state index is 0.0579. The first-order valence-electron chi connectivity index (χ1n) is 8.55. The predicted molar refractivity (Wildman–Crippen MR) is 87.3 cm³/mol. The summed E-state index contributed by atoms with van der Waals surface area (Å²) in [4.78, 5) is 16.6. The van der Waals surface area contributed by atoms with Crippen LogP contribution in [-0.4, -0.2) is 81.8 Å². The van der Waals surface area contributed by atoms with E-state index in [4.69, 9.17) is 9.47 Å². The fourth-order valence-corrected chi connectivity index (χ4v) is 3.16. The predicted octanol–water partition coefficient (Wildman–Crippen LogP) is 0.136. The Kier molecular flexibility index (Phi) is 5.17. The third-order valence-electron chi connectivity index (χ3n) is 4.53. The van der Waals surface area contributed by atoms with Crippen molar-refractivity contribution in [1.29, 1.82) is 0 Å². The van der Waals surface area contributed by atoms with Crippen molar-refractivity contribution >= 4 is 5.91 Å². The molecule has 0 radical (unpaired) electrons. The molecular weight excluding hydrogens is 310 g/mol. The molecule has 2 aliphatic heterocycles. The summed E-state index contributed by atoms with van der Waals surface area (Å²) in [5.41, 5.74) is 0.604. The smallest absolute Gasteiger partial charge is 0.244 e. The molecule has 3 heterocycles. The lowest BCUT2D eigenvalue weighted by atomic mass is 10.1. The van der Waals surface area contributed by atoms with Gasteiger partial charge in [0.1, 0.15) is 6.54 Å². The fourth-order valence-electron chi connectivity index (χ4n) is 3.16. The summed E-state index contributed by atoms with van der Waals surface area (Å²) in [5.74, 6) is 0.0579. The van der Waals surface area contributed by atoms with Gasteiger partial charge in [-0.05, 0) is 20.8 Å². The molecule has 134 valence electrons. The van der Waals surface area contributed by atoms with Crippen LogP contribution < -0.4 is 0 Å². The Balaban J connectivity index is 1.54. The van der Waals surface area contributed by atoms with Crippen LogP contribution in [0.15, 0.2) is 6.20 Å². The highest BCUT2D eigenvalue weighted by Gasteiger charge is 2.30. The number of hydrogen-bond donors (Lipinski definition) is 0. The number of morpholine rings is 2. The highest BCUT2D eigenvalue weighted by molar-refractivity contribution is 5.76. The summed E-state index contributed by atoms with van der Waals surface area (Å²) in [6.45, 7) is 11.3. The first-order valence-corrected chi connectivity index (χ1v) is 8.55. The van der Waals surface area contributed by atoms with Crippen molar-refractivity contribution in [1.82, 2.24) is 24.8 Å². The summed E-state index contributed by atoms with van der Waals surface area (Å²) in [6, 6.07) is 0.376. The first-order chi connectivity index (χ1) is 11.4. The first kappa shape index (κ1) is 17.3. The van der Waals surface area contributed by atoms with Gasteiger partial charge in [0.05, 0.1) is 37.3 Å². The van der Waals surface area contributed by atoms with E-state index in [0.29, 0.717) is 25.7 Å². The van der Waals surface area contributed by atoms with Crippen LogP contribution in [0.5, 0.6) is 0 Å². The van der Waals surface area contributed by atoms with E-state index >= 15 is 0 Å². The molecule has 1 atom stereocenters. The van der Waals surface area contributed by atoms with Gasteiger partial charge in [0, 0.05) is 32.2 Å². The van der Waals surface area contributed by atoms with Gasteiger partial charge in [-0.25, -0.2) is 4.68 Å². The third-order valence-corrected chi connectivity index (χ3v) is 4.53. The SMILES string of the molecule is C[C@@H]1COCCN1Cc1cn(CC(=O)N2CCOC(C)(C)C2)nn1. The molecule has 2 aliphatic rings. The molecule has 2 fully saturated rings. The number of nitrogens with zero attached hydrogens (tertiary/aromatic N) is 5. The molecule has 0 aliphatic carbocycles. The Bertz CT molecular complexity index is 574. The standard InChI is InChI=1S/C16H27N5O3/c1-13-11-23-6-4-19(13)8-14-9-21(18-17-14)10-15(22)20-5-7-24-16(2,3)12-20/h9,13H,4-8,10-12H2,1-3H3/t13-/m1/s1. The lowest BCUT2D eigenvalue weighted by Crippen LogP contribution is -2.51. The maximum Gasteiger partial charge on any atom is 0.244 e.